The lowest BCUT2D eigenvalue weighted by Gasteiger charge is -2.09. The summed E-state index contributed by atoms with van der Waals surface area (Å²) in [4.78, 5) is 19.7. The number of sulfone groups is 1. The number of aromatic nitrogens is 2. The number of carbonyl (C=O) groups excluding carboxylic acids is 1. The second kappa shape index (κ2) is 5.72. The number of hydrogen-bond acceptors (Lipinski definition) is 5. The molecule has 2 aromatic rings. The van der Waals surface area contributed by atoms with Crippen LogP contribution >= 0.6 is 0 Å². The van der Waals surface area contributed by atoms with Gasteiger partial charge in [0.25, 0.3) is 0 Å². The summed E-state index contributed by atoms with van der Waals surface area (Å²) in [5, 5.41) is -0.0830. The first-order valence-corrected chi connectivity index (χ1v) is 8.13. The van der Waals surface area contributed by atoms with Crippen molar-refractivity contribution in [3.05, 3.63) is 18.2 Å². The summed E-state index contributed by atoms with van der Waals surface area (Å²) in [6.45, 7) is 0. The molecule has 0 radical (unpaired) electrons. The summed E-state index contributed by atoms with van der Waals surface area (Å²) >= 11 is 0. The predicted octanol–water partition coefficient (Wildman–Crippen LogP) is 0.787. The van der Waals surface area contributed by atoms with Gasteiger partial charge in [-0.15, -0.1) is 0 Å². The van der Waals surface area contributed by atoms with Crippen molar-refractivity contribution in [3.63, 3.8) is 0 Å². The molecular weight excluding hydrogens is 292 g/mol. The number of imidazole rings is 1. The van der Waals surface area contributed by atoms with Gasteiger partial charge in [0, 0.05) is 26.2 Å². The zero-order valence-corrected chi connectivity index (χ0v) is 12.8. The number of benzene rings is 1. The third-order valence-corrected chi connectivity index (χ3v) is 4.69. The van der Waals surface area contributed by atoms with E-state index in [1.807, 2.05) is 0 Å². The summed E-state index contributed by atoms with van der Waals surface area (Å²) in [5.41, 5.74) is 7.31. The van der Waals surface area contributed by atoms with Crippen molar-refractivity contribution in [3.8, 4) is 0 Å². The maximum atomic E-state index is 12.2. The average molecular weight is 310 g/mol. The van der Waals surface area contributed by atoms with Crippen LogP contribution in [0.4, 0.5) is 5.69 Å². The van der Waals surface area contributed by atoms with E-state index in [4.69, 9.17) is 5.73 Å². The molecule has 1 aromatic heterocycles. The van der Waals surface area contributed by atoms with E-state index in [-0.39, 0.29) is 29.7 Å². The van der Waals surface area contributed by atoms with E-state index in [0.717, 1.165) is 0 Å². The van der Waals surface area contributed by atoms with Crippen LogP contribution in [0.25, 0.3) is 11.0 Å². The number of nitrogens with one attached hydrogen (secondary N) is 1. The highest BCUT2D eigenvalue weighted by Gasteiger charge is 2.19. The van der Waals surface area contributed by atoms with Gasteiger partial charge in [0.2, 0.25) is 20.9 Å². The Kier molecular flexibility index (Phi) is 4.17. The second-order valence-corrected chi connectivity index (χ2v) is 7.05. The summed E-state index contributed by atoms with van der Waals surface area (Å²) < 4.78 is 24.4. The molecule has 0 aliphatic heterocycles. The third-order valence-electron chi connectivity index (χ3n) is 3.08. The molecule has 3 N–H and O–H groups in total. The first-order valence-electron chi connectivity index (χ1n) is 6.48. The molecule has 0 unspecified atom stereocenters. The van der Waals surface area contributed by atoms with Crippen molar-refractivity contribution < 1.29 is 13.2 Å². The Labute approximate surface area is 123 Å². The van der Waals surface area contributed by atoms with Crippen LogP contribution in [0.3, 0.4) is 0 Å². The normalized spacial score (nSPS) is 11.7. The lowest BCUT2D eigenvalue weighted by Crippen LogP contribution is -2.22. The van der Waals surface area contributed by atoms with Gasteiger partial charge in [0.05, 0.1) is 16.8 Å². The van der Waals surface area contributed by atoms with Crippen LogP contribution in [-0.2, 0) is 14.6 Å². The van der Waals surface area contributed by atoms with Gasteiger partial charge in [-0.25, -0.2) is 13.4 Å². The van der Waals surface area contributed by atoms with E-state index >= 15 is 0 Å². The summed E-state index contributed by atoms with van der Waals surface area (Å²) in [5.74, 6) is -0.218. The molecule has 2 rings (SSSR count). The van der Waals surface area contributed by atoms with Crippen LogP contribution in [0.15, 0.2) is 23.4 Å². The van der Waals surface area contributed by atoms with Crippen molar-refractivity contribution in [2.45, 2.75) is 18.0 Å². The van der Waals surface area contributed by atoms with Gasteiger partial charge in [0.15, 0.2) is 0 Å². The first-order chi connectivity index (χ1) is 9.79. The molecule has 0 fully saturated rings. The Morgan fingerprint density at radius 1 is 1.38 bits per heavy atom. The SMILES string of the molecule is CN(C)C(=O)CCCS(=O)(=O)c1nc2ccc(N)cc2[nH]1. The van der Waals surface area contributed by atoms with Crippen LogP contribution in [0, 0.1) is 0 Å². The molecule has 0 atom stereocenters. The van der Waals surface area contributed by atoms with Crippen molar-refractivity contribution >= 4 is 32.5 Å². The fraction of sp³-hybridized carbons (Fsp3) is 0.385. The van der Waals surface area contributed by atoms with Gasteiger partial charge >= 0.3 is 0 Å². The lowest BCUT2D eigenvalue weighted by molar-refractivity contribution is -0.128. The van der Waals surface area contributed by atoms with Crippen molar-refractivity contribution in [2.75, 3.05) is 25.6 Å². The van der Waals surface area contributed by atoms with Gasteiger partial charge in [-0.3, -0.25) is 4.79 Å². The van der Waals surface area contributed by atoms with Crippen LogP contribution in [-0.4, -0.2) is 49.0 Å². The molecule has 21 heavy (non-hydrogen) atoms. The number of amides is 1. The predicted molar refractivity (Wildman–Crippen MR) is 80.5 cm³/mol. The molecule has 0 bridgehead atoms. The number of nitrogens with zero attached hydrogens (tertiary/aromatic N) is 2. The fourth-order valence-electron chi connectivity index (χ4n) is 1.88. The number of aromatic amines is 1. The fourth-order valence-corrected chi connectivity index (χ4v) is 3.11. The zero-order valence-electron chi connectivity index (χ0n) is 12.0. The zero-order chi connectivity index (χ0) is 15.6. The second-order valence-electron chi connectivity index (χ2n) is 5.03. The minimum absolute atomic E-state index is 0.0830. The van der Waals surface area contributed by atoms with Gasteiger partial charge in [-0.2, -0.15) is 0 Å². The highest BCUT2D eigenvalue weighted by Crippen LogP contribution is 2.18. The maximum absolute atomic E-state index is 12.2. The molecule has 8 heteroatoms. The van der Waals surface area contributed by atoms with Gasteiger partial charge in [0.1, 0.15) is 0 Å². The number of anilines is 1. The Bertz CT molecular complexity index is 765. The minimum Gasteiger partial charge on any atom is -0.399 e. The maximum Gasteiger partial charge on any atom is 0.226 e. The summed E-state index contributed by atoms with van der Waals surface area (Å²) in [7, 11) is -0.256. The monoisotopic (exact) mass is 310 g/mol. The van der Waals surface area contributed by atoms with Crippen molar-refractivity contribution in [1.82, 2.24) is 14.9 Å². The largest absolute Gasteiger partial charge is 0.399 e. The topological polar surface area (TPSA) is 109 Å². The smallest absolute Gasteiger partial charge is 0.226 e. The number of nitrogen functional groups attached to an aromatic ring is 1. The molecule has 1 amide bonds. The standard InChI is InChI=1S/C13H18N4O3S/c1-17(2)12(18)4-3-7-21(19,20)13-15-10-6-5-9(14)8-11(10)16-13/h5-6,8H,3-4,7,14H2,1-2H3,(H,15,16). The molecule has 0 aliphatic rings. The number of hydrogen-bond donors (Lipinski definition) is 2. The van der Waals surface area contributed by atoms with E-state index in [0.29, 0.717) is 16.7 Å². The number of H-pyrrole nitrogens is 1. The van der Waals surface area contributed by atoms with Gasteiger partial charge < -0.3 is 15.6 Å². The Balaban J connectivity index is 2.12. The quantitative estimate of drug-likeness (QED) is 0.793. The van der Waals surface area contributed by atoms with E-state index in [1.54, 1.807) is 32.3 Å². The van der Waals surface area contributed by atoms with E-state index in [1.165, 1.54) is 4.90 Å². The molecule has 0 saturated heterocycles. The van der Waals surface area contributed by atoms with Crippen LogP contribution in [0.1, 0.15) is 12.8 Å². The average Bonchev–Trinajstić information content (AvgIpc) is 2.82. The van der Waals surface area contributed by atoms with Gasteiger partial charge in [-0.1, -0.05) is 0 Å². The lowest BCUT2D eigenvalue weighted by atomic mass is 10.3. The highest BCUT2D eigenvalue weighted by atomic mass is 32.2. The molecule has 1 heterocycles. The number of rotatable bonds is 5. The first kappa shape index (κ1) is 15.3. The third kappa shape index (κ3) is 3.52. The van der Waals surface area contributed by atoms with Crippen molar-refractivity contribution in [2.24, 2.45) is 0 Å². The molecule has 7 nitrogen and oxygen atoms in total. The van der Waals surface area contributed by atoms with E-state index in [9.17, 15) is 13.2 Å². The van der Waals surface area contributed by atoms with E-state index < -0.39 is 9.84 Å². The van der Waals surface area contributed by atoms with Crippen LogP contribution in [0.5, 0.6) is 0 Å². The van der Waals surface area contributed by atoms with Crippen LogP contribution in [0.2, 0.25) is 0 Å². The Hall–Kier alpha value is -2.09. The molecule has 0 saturated carbocycles. The van der Waals surface area contributed by atoms with Gasteiger partial charge in [-0.05, 0) is 24.6 Å². The van der Waals surface area contributed by atoms with Crippen LogP contribution < -0.4 is 5.73 Å². The van der Waals surface area contributed by atoms with E-state index in [2.05, 4.69) is 9.97 Å². The molecular formula is C13H18N4O3S. The number of nitrogens with two attached hydrogens (primary N) is 1. The molecule has 0 spiro atoms. The summed E-state index contributed by atoms with van der Waals surface area (Å²) in [6, 6.07) is 4.96. The number of carbonyl (C=O) groups is 1. The number of fused-ring (bicyclic) bond motifs is 1. The Morgan fingerprint density at radius 2 is 2.10 bits per heavy atom. The Morgan fingerprint density at radius 3 is 2.76 bits per heavy atom. The molecule has 1 aromatic carbocycles. The molecule has 0 aliphatic carbocycles. The highest BCUT2D eigenvalue weighted by molar-refractivity contribution is 7.91. The van der Waals surface area contributed by atoms with Crippen molar-refractivity contribution in [1.29, 1.82) is 0 Å². The minimum atomic E-state index is -3.53. The summed E-state index contributed by atoms with van der Waals surface area (Å²) in [6.07, 6.45) is 0.456. The molecule has 114 valence electrons.